The Labute approximate surface area is 116 Å². The molecule has 3 rings (SSSR count). The molecule has 1 aliphatic carbocycles. The van der Waals surface area contributed by atoms with Crippen LogP contribution in [-0.4, -0.2) is 6.29 Å². The van der Waals surface area contributed by atoms with E-state index >= 15 is 0 Å². The first-order valence-corrected chi connectivity index (χ1v) is 6.50. The van der Waals surface area contributed by atoms with E-state index in [1.54, 1.807) is 24.3 Å². The Morgan fingerprint density at radius 3 is 1.60 bits per heavy atom. The Morgan fingerprint density at radius 1 is 0.900 bits per heavy atom. The zero-order valence-corrected chi connectivity index (χ0v) is 11.1. The van der Waals surface area contributed by atoms with Gasteiger partial charge in [-0.15, -0.1) is 0 Å². The van der Waals surface area contributed by atoms with Crippen molar-refractivity contribution < 1.29 is 13.6 Å². The fraction of sp³-hybridized carbons (Fsp3) is 0.235. The molecular formula is C17H14F2O. The minimum atomic E-state index is -0.525. The highest BCUT2D eigenvalue weighted by Gasteiger charge is 2.66. The summed E-state index contributed by atoms with van der Waals surface area (Å²) in [6.45, 7) is 1.88. The van der Waals surface area contributed by atoms with Crippen LogP contribution < -0.4 is 0 Å². The smallest absolute Gasteiger partial charge is 0.127 e. The number of halogens is 2. The van der Waals surface area contributed by atoms with Crippen molar-refractivity contribution in [1.29, 1.82) is 0 Å². The lowest BCUT2D eigenvalue weighted by Crippen LogP contribution is -2.19. The molecule has 102 valence electrons. The van der Waals surface area contributed by atoms with Crippen molar-refractivity contribution in [3.05, 3.63) is 71.3 Å². The van der Waals surface area contributed by atoms with Crippen molar-refractivity contribution in [2.75, 3.05) is 0 Å². The molecule has 0 bridgehead atoms. The van der Waals surface area contributed by atoms with Gasteiger partial charge in [0, 0.05) is 10.8 Å². The zero-order chi connectivity index (χ0) is 14.4. The van der Waals surface area contributed by atoms with Gasteiger partial charge < -0.3 is 4.79 Å². The number of hydrogen-bond donors (Lipinski definition) is 0. The lowest BCUT2D eigenvalue weighted by Gasteiger charge is -2.21. The predicted molar refractivity (Wildman–Crippen MR) is 72.4 cm³/mol. The molecule has 0 saturated heterocycles. The summed E-state index contributed by atoms with van der Waals surface area (Å²) < 4.78 is 26.2. The number of carbonyl (C=O) groups is 1. The van der Waals surface area contributed by atoms with E-state index in [1.807, 2.05) is 6.92 Å². The second kappa shape index (κ2) is 4.23. The van der Waals surface area contributed by atoms with Crippen molar-refractivity contribution in [1.82, 2.24) is 0 Å². The number of benzene rings is 2. The molecule has 3 heteroatoms. The summed E-state index contributed by atoms with van der Waals surface area (Å²) in [5, 5.41) is 0. The third-order valence-corrected chi connectivity index (χ3v) is 4.42. The van der Waals surface area contributed by atoms with Gasteiger partial charge in [0.1, 0.15) is 17.9 Å². The number of carbonyl (C=O) groups excluding carboxylic acids is 1. The average molecular weight is 272 g/mol. The van der Waals surface area contributed by atoms with Crippen molar-refractivity contribution in [3.63, 3.8) is 0 Å². The van der Waals surface area contributed by atoms with Gasteiger partial charge in [-0.05, 0) is 41.8 Å². The molecule has 0 N–H and O–H groups in total. The molecule has 0 aromatic heterocycles. The molecule has 2 aromatic rings. The van der Waals surface area contributed by atoms with Crippen LogP contribution in [0.1, 0.15) is 24.5 Å². The largest absolute Gasteiger partial charge is 0.303 e. The Kier molecular flexibility index (Phi) is 2.75. The van der Waals surface area contributed by atoms with E-state index in [4.69, 9.17) is 0 Å². The highest BCUT2D eigenvalue weighted by molar-refractivity contribution is 5.74. The van der Waals surface area contributed by atoms with E-state index in [2.05, 4.69) is 0 Å². The molecule has 20 heavy (non-hydrogen) atoms. The van der Waals surface area contributed by atoms with Crippen LogP contribution in [0.25, 0.3) is 0 Å². The van der Waals surface area contributed by atoms with Crippen LogP contribution >= 0.6 is 0 Å². The molecule has 1 aliphatic rings. The minimum Gasteiger partial charge on any atom is -0.303 e. The molecular weight excluding hydrogens is 258 g/mol. The monoisotopic (exact) mass is 272 g/mol. The van der Waals surface area contributed by atoms with Crippen LogP contribution in [0.3, 0.4) is 0 Å². The van der Waals surface area contributed by atoms with Gasteiger partial charge >= 0.3 is 0 Å². The Balaban J connectivity index is 2.14. The predicted octanol–water partition coefficient (Wildman–Crippen LogP) is 3.86. The molecule has 1 atom stereocenters. The SMILES string of the molecule is CC1(C=O)CC1(c1ccc(F)cc1)c1ccc(F)cc1. The topological polar surface area (TPSA) is 17.1 Å². The van der Waals surface area contributed by atoms with Gasteiger partial charge in [-0.3, -0.25) is 0 Å². The summed E-state index contributed by atoms with van der Waals surface area (Å²) in [5.74, 6) is -0.618. The molecule has 1 saturated carbocycles. The summed E-state index contributed by atoms with van der Waals surface area (Å²) in [5.41, 5.74) is 0.777. The van der Waals surface area contributed by atoms with Gasteiger partial charge in [0.05, 0.1) is 0 Å². The van der Waals surface area contributed by atoms with E-state index in [9.17, 15) is 13.6 Å². The van der Waals surface area contributed by atoms with Gasteiger partial charge in [-0.25, -0.2) is 8.78 Å². The summed E-state index contributed by atoms with van der Waals surface area (Å²) in [7, 11) is 0. The van der Waals surface area contributed by atoms with Crippen molar-refractivity contribution >= 4 is 6.29 Å². The van der Waals surface area contributed by atoms with Crippen molar-refractivity contribution in [2.45, 2.75) is 18.8 Å². The summed E-state index contributed by atoms with van der Waals surface area (Å²) in [6, 6.07) is 12.4. The standard InChI is InChI=1S/C17H14F2O/c1-16(11-20)10-17(16,12-2-6-14(18)7-3-12)13-4-8-15(19)9-5-13/h2-9,11H,10H2,1H3. The maximum Gasteiger partial charge on any atom is 0.127 e. The first kappa shape index (κ1) is 13.0. The van der Waals surface area contributed by atoms with E-state index < -0.39 is 10.8 Å². The molecule has 0 aliphatic heterocycles. The lowest BCUT2D eigenvalue weighted by molar-refractivity contribution is -0.112. The Morgan fingerprint density at radius 2 is 1.30 bits per heavy atom. The third-order valence-electron chi connectivity index (χ3n) is 4.42. The number of aldehydes is 1. The van der Waals surface area contributed by atoms with E-state index in [-0.39, 0.29) is 11.6 Å². The third kappa shape index (κ3) is 1.69. The van der Waals surface area contributed by atoms with Crippen LogP contribution in [0.15, 0.2) is 48.5 Å². The van der Waals surface area contributed by atoms with Gasteiger partial charge in [0.25, 0.3) is 0 Å². The summed E-state index contributed by atoms with van der Waals surface area (Å²) >= 11 is 0. The van der Waals surface area contributed by atoms with Crippen LogP contribution in [0.2, 0.25) is 0 Å². The molecule has 0 radical (unpaired) electrons. The van der Waals surface area contributed by atoms with Crippen molar-refractivity contribution in [3.8, 4) is 0 Å². The molecule has 0 heterocycles. The normalized spacial score (nSPS) is 23.4. The van der Waals surface area contributed by atoms with Crippen LogP contribution in [0, 0.1) is 17.0 Å². The molecule has 0 spiro atoms. The Bertz CT molecular complexity index is 600. The molecule has 2 aromatic carbocycles. The van der Waals surface area contributed by atoms with Crippen LogP contribution in [0.5, 0.6) is 0 Å². The van der Waals surface area contributed by atoms with E-state index in [1.165, 1.54) is 24.3 Å². The van der Waals surface area contributed by atoms with E-state index in [0.29, 0.717) is 6.42 Å². The minimum absolute atomic E-state index is 0.309. The van der Waals surface area contributed by atoms with Gasteiger partial charge in [0.15, 0.2) is 0 Å². The number of hydrogen-bond acceptors (Lipinski definition) is 1. The zero-order valence-electron chi connectivity index (χ0n) is 11.1. The van der Waals surface area contributed by atoms with Crippen LogP contribution in [-0.2, 0) is 10.2 Å². The quantitative estimate of drug-likeness (QED) is 0.775. The maximum absolute atomic E-state index is 13.1. The van der Waals surface area contributed by atoms with Crippen LogP contribution in [0.4, 0.5) is 8.78 Å². The molecule has 0 amide bonds. The van der Waals surface area contributed by atoms with Crippen molar-refractivity contribution in [2.24, 2.45) is 5.41 Å². The van der Waals surface area contributed by atoms with E-state index in [0.717, 1.165) is 17.4 Å². The average Bonchev–Trinajstić information content (AvgIpc) is 3.09. The molecule has 1 unspecified atom stereocenters. The second-order valence-corrected chi connectivity index (χ2v) is 5.63. The fourth-order valence-electron chi connectivity index (χ4n) is 3.15. The van der Waals surface area contributed by atoms with Gasteiger partial charge in [-0.2, -0.15) is 0 Å². The van der Waals surface area contributed by atoms with Gasteiger partial charge in [-0.1, -0.05) is 31.2 Å². The highest BCUT2D eigenvalue weighted by atomic mass is 19.1. The molecule has 1 nitrogen and oxygen atoms in total. The second-order valence-electron chi connectivity index (χ2n) is 5.63. The first-order chi connectivity index (χ1) is 9.52. The summed E-state index contributed by atoms with van der Waals surface area (Å²) in [4.78, 5) is 11.4. The van der Waals surface area contributed by atoms with Gasteiger partial charge in [0.2, 0.25) is 0 Å². The number of rotatable bonds is 3. The Hall–Kier alpha value is -2.03. The summed E-state index contributed by atoms with van der Waals surface area (Å²) in [6.07, 6.45) is 1.60. The first-order valence-electron chi connectivity index (χ1n) is 6.50. The molecule has 1 fully saturated rings. The fourth-order valence-corrected chi connectivity index (χ4v) is 3.15. The maximum atomic E-state index is 13.1. The lowest BCUT2D eigenvalue weighted by atomic mass is 9.81. The highest BCUT2D eigenvalue weighted by Crippen LogP contribution is 2.66.